The molecule has 0 atom stereocenters. The largest absolute Gasteiger partial charge is 0.297 e. The number of aryl methyl sites for hydroxylation is 1. The molecule has 46 heavy (non-hydrogen) atoms. The number of hydrogen-bond acceptors (Lipinski definition) is 3. The average molecular weight is 663 g/mol. The molecule has 0 aliphatic carbocycles. The Hall–Kier alpha value is -0.870. The molecule has 1 rings (SSSR count). The molecule has 4 heteroatoms. The van der Waals surface area contributed by atoms with Gasteiger partial charge in [-0.1, -0.05) is 206 Å². The molecule has 0 saturated carbocycles. The Balaban J connectivity index is 2.57. The van der Waals surface area contributed by atoms with E-state index in [0.29, 0.717) is 11.5 Å². The van der Waals surface area contributed by atoms with Gasteiger partial charge in [-0.05, 0) is 49.3 Å². The van der Waals surface area contributed by atoms with E-state index in [-0.39, 0.29) is 0 Å². The SMILES string of the molecule is CCCCCCCCCCCCOS(=O)(=O)c1cccc(CCCCCCCCCCCC)c1CCCCCCCCCCCC. The van der Waals surface area contributed by atoms with Gasteiger partial charge in [-0.2, -0.15) is 8.42 Å². The second-order valence-electron chi connectivity index (χ2n) is 14.2. The number of hydrogen-bond donors (Lipinski definition) is 0. The number of benzene rings is 1. The molecule has 0 fully saturated rings. The maximum absolute atomic E-state index is 13.5. The van der Waals surface area contributed by atoms with E-state index in [0.717, 1.165) is 44.1 Å². The van der Waals surface area contributed by atoms with Crippen LogP contribution in [-0.4, -0.2) is 15.0 Å². The highest BCUT2D eigenvalue weighted by Crippen LogP contribution is 2.27. The zero-order valence-corrected chi connectivity index (χ0v) is 32.0. The Bertz CT molecular complexity index is 894. The lowest BCUT2D eigenvalue weighted by Gasteiger charge is -2.16. The van der Waals surface area contributed by atoms with Crippen LogP contribution in [0.4, 0.5) is 0 Å². The van der Waals surface area contributed by atoms with Crippen LogP contribution in [0.15, 0.2) is 23.1 Å². The summed E-state index contributed by atoms with van der Waals surface area (Å²) in [5.74, 6) is 0. The summed E-state index contributed by atoms with van der Waals surface area (Å²) < 4.78 is 32.6. The van der Waals surface area contributed by atoms with Gasteiger partial charge in [-0.15, -0.1) is 0 Å². The lowest BCUT2D eigenvalue weighted by atomic mass is 9.96. The third-order valence-corrected chi connectivity index (χ3v) is 11.2. The lowest BCUT2D eigenvalue weighted by Crippen LogP contribution is -2.12. The first-order chi connectivity index (χ1) is 22.6. The first-order valence-corrected chi connectivity index (χ1v) is 22.0. The molecule has 0 aliphatic heterocycles. The van der Waals surface area contributed by atoms with Gasteiger partial charge in [0.05, 0.1) is 11.5 Å². The van der Waals surface area contributed by atoms with Gasteiger partial charge in [0, 0.05) is 0 Å². The van der Waals surface area contributed by atoms with Gasteiger partial charge in [-0.3, -0.25) is 4.18 Å². The molecule has 0 radical (unpaired) electrons. The smallest absolute Gasteiger partial charge is 0.266 e. The van der Waals surface area contributed by atoms with Crippen molar-refractivity contribution in [2.45, 2.75) is 231 Å². The molecule has 3 nitrogen and oxygen atoms in total. The fourth-order valence-corrected chi connectivity index (χ4v) is 8.02. The third-order valence-electron chi connectivity index (χ3n) is 9.82. The minimum atomic E-state index is -3.74. The molecule has 1 aromatic rings. The van der Waals surface area contributed by atoms with E-state index in [1.807, 2.05) is 12.1 Å². The second kappa shape index (κ2) is 31.4. The van der Waals surface area contributed by atoms with Crippen molar-refractivity contribution < 1.29 is 12.6 Å². The highest BCUT2D eigenvalue weighted by molar-refractivity contribution is 7.86. The molecule has 270 valence electrons. The first kappa shape index (κ1) is 43.2. The first-order valence-electron chi connectivity index (χ1n) is 20.6. The van der Waals surface area contributed by atoms with Crippen molar-refractivity contribution in [2.24, 2.45) is 0 Å². The van der Waals surface area contributed by atoms with Crippen molar-refractivity contribution >= 4 is 10.1 Å². The topological polar surface area (TPSA) is 43.4 Å². The van der Waals surface area contributed by atoms with Crippen LogP contribution in [0.2, 0.25) is 0 Å². The van der Waals surface area contributed by atoms with Gasteiger partial charge >= 0.3 is 0 Å². The summed E-state index contributed by atoms with van der Waals surface area (Å²) in [5, 5.41) is 0. The van der Waals surface area contributed by atoms with Gasteiger partial charge < -0.3 is 0 Å². The predicted octanol–water partition coefficient (Wildman–Crippen LogP) is 14.2. The molecule has 0 spiro atoms. The van der Waals surface area contributed by atoms with Crippen molar-refractivity contribution in [3.63, 3.8) is 0 Å². The number of rotatable bonds is 35. The number of unbranched alkanes of at least 4 members (excludes halogenated alkanes) is 27. The van der Waals surface area contributed by atoms with E-state index in [1.54, 1.807) is 0 Å². The molecule has 1 aromatic carbocycles. The lowest BCUT2D eigenvalue weighted by molar-refractivity contribution is 0.305. The van der Waals surface area contributed by atoms with Crippen LogP contribution in [0.25, 0.3) is 0 Å². The monoisotopic (exact) mass is 663 g/mol. The summed E-state index contributed by atoms with van der Waals surface area (Å²) in [4.78, 5) is 0.445. The molecular formula is C42H78O3S. The highest BCUT2D eigenvalue weighted by atomic mass is 32.2. The summed E-state index contributed by atoms with van der Waals surface area (Å²) in [5.41, 5.74) is 2.28. The predicted molar refractivity (Wildman–Crippen MR) is 203 cm³/mol. The van der Waals surface area contributed by atoms with Crippen LogP contribution in [-0.2, 0) is 27.1 Å². The average Bonchev–Trinajstić information content (AvgIpc) is 3.05. The van der Waals surface area contributed by atoms with Gasteiger partial charge in [0.1, 0.15) is 0 Å². The van der Waals surface area contributed by atoms with E-state index in [2.05, 4.69) is 26.8 Å². The summed E-state index contributed by atoms with van der Waals surface area (Å²) in [6, 6.07) is 5.94. The van der Waals surface area contributed by atoms with Gasteiger partial charge in [0.15, 0.2) is 0 Å². The van der Waals surface area contributed by atoms with Gasteiger partial charge in [0.25, 0.3) is 10.1 Å². The quantitative estimate of drug-likeness (QED) is 0.0536. The van der Waals surface area contributed by atoms with Crippen LogP contribution in [0.1, 0.15) is 225 Å². The second-order valence-corrected chi connectivity index (χ2v) is 15.8. The molecule has 0 unspecified atom stereocenters. The van der Waals surface area contributed by atoms with Crippen LogP contribution in [0.5, 0.6) is 0 Å². The maximum atomic E-state index is 13.5. The van der Waals surface area contributed by atoms with E-state index >= 15 is 0 Å². The Morgan fingerprint density at radius 2 is 0.783 bits per heavy atom. The van der Waals surface area contributed by atoms with Crippen molar-refractivity contribution in [1.82, 2.24) is 0 Å². The van der Waals surface area contributed by atoms with Gasteiger partial charge in [-0.25, -0.2) is 0 Å². The zero-order chi connectivity index (χ0) is 33.4. The normalized spacial score (nSPS) is 11.9. The Kier molecular flexibility index (Phi) is 29.5. The standard InChI is InChI=1S/C42H78O3S/c1-4-7-10-13-16-19-22-25-28-31-35-40-36-34-38-42(41(40)37-32-29-26-23-20-17-14-11-8-5-2)46(43,44)45-39-33-30-27-24-21-18-15-12-9-6-3/h34,36,38H,4-33,35,37,39H2,1-3H3. The molecular weight excluding hydrogens is 585 g/mol. The van der Waals surface area contributed by atoms with Crippen molar-refractivity contribution in [3.05, 3.63) is 29.3 Å². The van der Waals surface area contributed by atoms with E-state index in [1.165, 1.54) is 173 Å². The fraction of sp³-hybridized carbons (Fsp3) is 0.857. The van der Waals surface area contributed by atoms with Crippen LogP contribution in [0.3, 0.4) is 0 Å². The molecule has 0 N–H and O–H groups in total. The van der Waals surface area contributed by atoms with Crippen LogP contribution >= 0.6 is 0 Å². The fourth-order valence-electron chi connectivity index (χ4n) is 6.78. The van der Waals surface area contributed by atoms with E-state index in [4.69, 9.17) is 4.18 Å². The molecule has 0 heterocycles. The third kappa shape index (κ3) is 23.5. The summed E-state index contributed by atoms with van der Waals surface area (Å²) in [6.45, 7) is 7.12. The Morgan fingerprint density at radius 1 is 0.435 bits per heavy atom. The summed E-state index contributed by atoms with van der Waals surface area (Å²) in [6.07, 6.45) is 40.3. The molecule has 0 amide bonds. The highest BCUT2D eigenvalue weighted by Gasteiger charge is 2.21. The Labute approximate surface area is 289 Å². The molecule has 0 bridgehead atoms. The zero-order valence-electron chi connectivity index (χ0n) is 31.2. The molecule has 0 aliphatic rings. The minimum absolute atomic E-state index is 0.305. The van der Waals surface area contributed by atoms with Crippen LogP contribution < -0.4 is 0 Å². The van der Waals surface area contributed by atoms with E-state index < -0.39 is 10.1 Å². The molecule has 0 saturated heterocycles. The Morgan fingerprint density at radius 3 is 1.20 bits per heavy atom. The van der Waals surface area contributed by atoms with Crippen molar-refractivity contribution in [2.75, 3.05) is 6.61 Å². The summed E-state index contributed by atoms with van der Waals surface area (Å²) >= 11 is 0. The maximum Gasteiger partial charge on any atom is 0.297 e. The van der Waals surface area contributed by atoms with Crippen molar-refractivity contribution in [3.8, 4) is 0 Å². The molecule has 0 aromatic heterocycles. The minimum Gasteiger partial charge on any atom is -0.266 e. The van der Waals surface area contributed by atoms with Gasteiger partial charge in [0.2, 0.25) is 0 Å². The van der Waals surface area contributed by atoms with E-state index in [9.17, 15) is 8.42 Å². The summed E-state index contributed by atoms with van der Waals surface area (Å²) in [7, 11) is -3.74. The van der Waals surface area contributed by atoms with Crippen LogP contribution in [0, 0.1) is 0 Å². The van der Waals surface area contributed by atoms with Crippen molar-refractivity contribution in [1.29, 1.82) is 0 Å².